The highest BCUT2D eigenvalue weighted by atomic mass is 32.2. The SMILES string of the molecule is CO/N=C(\C(=O)N[C@@H]1C(=O)N2C(C(=O)O)=C(CN3CCCC3(C)C)CS[C@@H]12)c1nsc(N)n1. The highest BCUT2D eigenvalue weighted by Gasteiger charge is 2.54. The number of nitrogens with two attached hydrogens (primary N) is 1. The molecule has 0 spiro atoms. The van der Waals surface area contributed by atoms with Gasteiger partial charge >= 0.3 is 5.97 Å². The fourth-order valence-electron chi connectivity index (χ4n) is 4.31. The van der Waals surface area contributed by atoms with Gasteiger partial charge in [0.05, 0.1) is 0 Å². The molecule has 178 valence electrons. The lowest BCUT2D eigenvalue weighted by atomic mass is 10.00. The number of likely N-dealkylation sites (tertiary alicyclic amines) is 1. The Morgan fingerprint density at radius 2 is 2.18 bits per heavy atom. The van der Waals surface area contributed by atoms with E-state index in [0.717, 1.165) is 30.9 Å². The molecule has 4 heterocycles. The molecule has 0 aromatic carbocycles. The number of thioether (sulfide) groups is 1. The van der Waals surface area contributed by atoms with Crippen LogP contribution >= 0.6 is 23.3 Å². The van der Waals surface area contributed by atoms with Gasteiger partial charge in [-0.2, -0.15) is 9.36 Å². The summed E-state index contributed by atoms with van der Waals surface area (Å²) in [4.78, 5) is 50.0. The Labute approximate surface area is 198 Å². The summed E-state index contributed by atoms with van der Waals surface area (Å²) in [5.74, 6) is -1.90. The van der Waals surface area contributed by atoms with Crippen LogP contribution in [0.5, 0.6) is 0 Å². The first kappa shape index (κ1) is 23.4. The molecule has 3 aliphatic rings. The second-order valence-corrected chi connectivity index (χ2v) is 10.4. The summed E-state index contributed by atoms with van der Waals surface area (Å²) >= 11 is 2.32. The Morgan fingerprint density at radius 3 is 2.76 bits per heavy atom. The zero-order valence-electron chi connectivity index (χ0n) is 18.4. The van der Waals surface area contributed by atoms with Crippen LogP contribution < -0.4 is 11.1 Å². The molecule has 0 bridgehead atoms. The maximum atomic E-state index is 12.9. The lowest BCUT2D eigenvalue weighted by Gasteiger charge is -2.50. The van der Waals surface area contributed by atoms with Gasteiger partial charge in [-0.3, -0.25) is 19.4 Å². The second-order valence-electron chi connectivity index (χ2n) is 8.53. The van der Waals surface area contributed by atoms with E-state index < -0.39 is 29.2 Å². The van der Waals surface area contributed by atoms with E-state index in [2.05, 4.69) is 38.6 Å². The molecule has 1 aromatic rings. The Hall–Kier alpha value is -2.71. The number of carboxylic acids is 1. The van der Waals surface area contributed by atoms with Crippen LogP contribution in [0.3, 0.4) is 0 Å². The lowest BCUT2D eigenvalue weighted by Crippen LogP contribution is -2.71. The van der Waals surface area contributed by atoms with E-state index in [1.54, 1.807) is 0 Å². The molecule has 1 aromatic heterocycles. The second kappa shape index (κ2) is 8.91. The molecular weight excluding hydrogens is 470 g/mol. The number of hydrogen-bond acceptors (Lipinski definition) is 11. The zero-order valence-corrected chi connectivity index (χ0v) is 20.0. The number of carboxylic acid groups (broad SMARTS) is 1. The van der Waals surface area contributed by atoms with Crippen LogP contribution in [0, 0.1) is 0 Å². The first-order valence-electron chi connectivity index (χ1n) is 10.3. The van der Waals surface area contributed by atoms with E-state index >= 15 is 0 Å². The van der Waals surface area contributed by atoms with Crippen LogP contribution in [0.2, 0.25) is 0 Å². The molecule has 2 atom stereocenters. The molecule has 0 aliphatic carbocycles. The van der Waals surface area contributed by atoms with Gasteiger partial charge in [0.25, 0.3) is 11.8 Å². The smallest absolute Gasteiger partial charge is 0.352 e. The maximum absolute atomic E-state index is 12.9. The lowest BCUT2D eigenvalue weighted by molar-refractivity contribution is -0.150. The zero-order chi connectivity index (χ0) is 23.9. The summed E-state index contributed by atoms with van der Waals surface area (Å²) in [7, 11) is 1.27. The molecule has 33 heavy (non-hydrogen) atoms. The topological polar surface area (TPSA) is 163 Å². The average Bonchev–Trinajstić information content (AvgIpc) is 3.33. The number of aromatic nitrogens is 2. The fourth-order valence-corrected chi connectivity index (χ4v) is 6.08. The number of aliphatic carboxylic acids is 1. The van der Waals surface area contributed by atoms with Crippen molar-refractivity contribution >= 4 is 51.9 Å². The number of nitrogens with zero attached hydrogens (tertiary/aromatic N) is 5. The van der Waals surface area contributed by atoms with Crippen molar-refractivity contribution in [3.05, 3.63) is 17.1 Å². The predicted octanol–water partition coefficient (Wildman–Crippen LogP) is 0.0838. The summed E-state index contributed by atoms with van der Waals surface area (Å²) in [6, 6.07) is -0.903. The van der Waals surface area contributed by atoms with E-state index in [1.165, 1.54) is 23.8 Å². The van der Waals surface area contributed by atoms with Crippen molar-refractivity contribution in [3.63, 3.8) is 0 Å². The Bertz CT molecular complexity index is 1050. The number of amides is 2. The number of carbonyl (C=O) groups is 3. The van der Waals surface area contributed by atoms with E-state index in [1.807, 2.05) is 0 Å². The molecule has 3 aliphatic heterocycles. The van der Waals surface area contributed by atoms with Gasteiger partial charge in [0.15, 0.2) is 5.13 Å². The highest BCUT2D eigenvalue weighted by molar-refractivity contribution is 8.00. The number of fused-ring (bicyclic) bond motifs is 1. The number of nitrogen functional groups attached to an aromatic ring is 1. The third-order valence-electron chi connectivity index (χ3n) is 6.04. The number of β-lactam (4-membered cyclic amide) rings is 1. The summed E-state index contributed by atoms with van der Waals surface area (Å²) in [5.41, 5.74) is 6.07. The number of rotatable bonds is 7. The molecule has 0 saturated carbocycles. The molecule has 0 radical (unpaired) electrons. The van der Waals surface area contributed by atoms with Crippen molar-refractivity contribution in [1.29, 1.82) is 0 Å². The van der Waals surface area contributed by atoms with Gasteiger partial charge in [0.2, 0.25) is 11.5 Å². The third kappa shape index (κ3) is 4.29. The van der Waals surface area contributed by atoms with Gasteiger partial charge in [-0.15, -0.1) is 11.8 Å². The molecule has 4 N–H and O–H groups in total. The Morgan fingerprint density at radius 1 is 1.42 bits per heavy atom. The van der Waals surface area contributed by atoms with Gasteiger partial charge in [-0.05, 0) is 38.8 Å². The molecule has 12 nitrogen and oxygen atoms in total. The van der Waals surface area contributed by atoms with Gasteiger partial charge in [-0.1, -0.05) is 5.16 Å². The molecule has 0 unspecified atom stereocenters. The van der Waals surface area contributed by atoms with Crippen molar-refractivity contribution in [2.24, 2.45) is 5.16 Å². The van der Waals surface area contributed by atoms with Crippen LogP contribution in [-0.2, 0) is 19.2 Å². The van der Waals surface area contributed by atoms with Crippen molar-refractivity contribution in [3.8, 4) is 0 Å². The minimum absolute atomic E-state index is 0.0108. The number of hydrogen-bond donors (Lipinski definition) is 3. The largest absolute Gasteiger partial charge is 0.477 e. The average molecular weight is 496 g/mol. The quantitative estimate of drug-likeness (QED) is 0.268. The minimum atomic E-state index is -1.14. The van der Waals surface area contributed by atoms with Crippen molar-refractivity contribution < 1.29 is 24.3 Å². The number of nitrogens with one attached hydrogen (secondary N) is 1. The van der Waals surface area contributed by atoms with Gasteiger partial charge < -0.3 is 21.0 Å². The van der Waals surface area contributed by atoms with Gasteiger partial charge in [0.1, 0.15) is 24.2 Å². The molecule has 2 fully saturated rings. The van der Waals surface area contributed by atoms with Gasteiger partial charge in [-0.25, -0.2) is 4.79 Å². The van der Waals surface area contributed by atoms with Gasteiger partial charge in [0, 0.05) is 29.4 Å². The van der Waals surface area contributed by atoms with Crippen LogP contribution in [0.1, 0.15) is 32.5 Å². The summed E-state index contributed by atoms with van der Waals surface area (Å²) < 4.78 is 3.96. The molecular formula is C19H25N7O5S2. The maximum Gasteiger partial charge on any atom is 0.352 e. The van der Waals surface area contributed by atoms with E-state index in [0.29, 0.717) is 17.9 Å². The summed E-state index contributed by atoms with van der Waals surface area (Å²) in [5, 5.41) is 15.8. The van der Waals surface area contributed by atoms with E-state index in [4.69, 9.17) is 10.6 Å². The number of carbonyl (C=O) groups excluding carboxylic acids is 2. The van der Waals surface area contributed by atoms with Crippen LogP contribution in [0.4, 0.5) is 5.13 Å². The first-order valence-corrected chi connectivity index (χ1v) is 12.1. The standard InChI is InChI=1S/C19H25N7O5S2/c1-19(2)5-4-6-25(19)7-9-8-32-16-11(15(28)26(16)12(9)17(29)30)21-14(27)10(23-31-3)13-22-18(20)33-24-13/h11,16H,4-8H2,1-3H3,(H,21,27)(H,29,30)(H2,20,22,24)/b23-10-/t11-,16+/m1/s1. The first-order chi connectivity index (χ1) is 15.6. The molecule has 2 saturated heterocycles. The van der Waals surface area contributed by atoms with Crippen LogP contribution in [0.15, 0.2) is 16.4 Å². The third-order valence-corrected chi connectivity index (χ3v) is 7.92. The van der Waals surface area contributed by atoms with E-state index in [-0.39, 0.29) is 27.9 Å². The molecule has 2 amide bonds. The van der Waals surface area contributed by atoms with Crippen LogP contribution in [-0.4, -0.2) is 90.7 Å². The Balaban J connectivity index is 1.51. The predicted molar refractivity (Wildman–Crippen MR) is 122 cm³/mol. The number of anilines is 1. The Kier molecular flexibility index (Phi) is 6.33. The highest BCUT2D eigenvalue weighted by Crippen LogP contribution is 2.41. The minimum Gasteiger partial charge on any atom is -0.477 e. The van der Waals surface area contributed by atoms with Crippen molar-refractivity contribution in [1.82, 2.24) is 24.5 Å². The fraction of sp³-hybridized carbons (Fsp3) is 0.579. The van der Waals surface area contributed by atoms with Crippen molar-refractivity contribution in [2.75, 3.05) is 31.7 Å². The molecule has 14 heteroatoms. The number of oxime groups is 1. The monoisotopic (exact) mass is 495 g/mol. The normalized spacial score (nSPS) is 25.0. The summed E-state index contributed by atoms with van der Waals surface area (Å²) in [6.07, 6.45) is 2.10. The summed E-state index contributed by atoms with van der Waals surface area (Å²) in [6.45, 7) is 5.67. The van der Waals surface area contributed by atoms with Crippen molar-refractivity contribution in [2.45, 2.75) is 43.6 Å². The van der Waals surface area contributed by atoms with Crippen LogP contribution in [0.25, 0.3) is 0 Å². The molecule has 4 rings (SSSR count). The van der Waals surface area contributed by atoms with E-state index in [9.17, 15) is 19.5 Å².